The molecule has 2 aromatic carbocycles. The number of hydrogen-bond donors (Lipinski definition) is 2. The largest absolute Gasteiger partial charge is 0.326 e. The van der Waals surface area contributed by atoms with Crippen LogP contribution in [0.15, 0.2) is 53.4 Å². The second-order valence-electron chi connectivity index (χ2n) is 6.91. The van der Waals surface area contributed by atoms with Crippen LogP contribution in [-0.4, -0.2) is 37.6 Å². The quantitative estimate of drug-likeness (QED) is 0.752. The zero-order valence-electron chi connectivity index (χ0n) is 15.9. The van der Waals surface area contributed by atoms with Crippen LogP contribution in [-0.2, 0) is 19.6 Å². The average Bonchev–Trinajstić information content (AvgIpc) is 2.68. The van der Waals surface area contributed by atoms with Gasteiger partial charge in [0, 0.05) is 36.4 Å². The maximum absolute atomic E-state index is 13.0. The molecule has 9 heteroatoms. The van der Waals surface area contributed by atoms with Gasteiger partial charge < -0.3 is 10.6 Å². The molecule has 1 atom stereocenters. The molecule has 0 unspecified atom stereocenters. The van der Waals surface area contributed by atoms with Gasteiger partial charge in [-0.15, -0.1) is 0 Å². The third kappa shape index (κ3) is 5.35. The summed E-state index contributed by atoms with van der Waals surface area (Å²) in [6.07, 6.45) is 1.21. The second kappa shape index (κ2) is 8.94. The lowest BCUT2D eigenvalue weighted by Crippen LogP contribution is -2.43. The van der Waals surface area contributed by atoms with Crippen molar-refractivity contribution in [2.75, 3.05) is 23.7 Å². The first kappa shape index (κ1) is 21.3. The zero-order valence-corrected chi connectivity index (χ0v) is 17.5. The van der Waals surface area contributed by atoms with Crippen LogP contribution in [0.1, 0.15) is 19.8 Å². The van der Waals surface area contributed by atoms with Crippen LogP contribution >= 0.6 is 11.6 Å². The highest BCUT2D eigenvalue weighted by Gasteiger charge is 2.33. The van der Waals surface area contributed by atoms with Crippen molar-refractivity contribution >= 4 is 44.8 Å². The van der Waals surface area contributed by atoms with Gasteiger partial charge in [-0.25, -0.2) is 8.42 Å². The van der Waals surface area contributed by atoms with Gasteiger partial charge in [-0.3, -0.25) is 9.59 Å². The fraction of sp³-hybridized carbons (Fsp3) is 0.300. The van der Waals surface area contributed by atoms with Crippen LogP contribution in [0, 0.1) is 5.92 Å². The number of halogens is 1. The van der Waals surface area contributed by atoms with E-state index in [1.165, 1.54) is 23.4 Å². The Balaban J connectivity index is 1.70. The minimum atomic E-state index is -3.73. The van der Waals surface area contributed by atoms with Gasteiger partial charge in [-0.1, -0.05) is 17.7 Å². The summed E-state index contributed by atoms with van der Waals surface area (Å²) in [7, 11) is -3.73. The Hall–Kier alpha value is -2.42. The van der Waals surface area contributed by atoms with Crippen LogP contribution in [0.4, 0.5) is 11.4 Å². The Morgan fingerprint density at radius 1 is 1.07 bits per heavy atom. The molecule has 0 bridgehead atoms. The molecule has 0 spiro atoms. The van der Waals surface area contributed by atoms with Gasteiger partial charge in [0.1, 0.15) is 0 Å². The number of nitrogens with one attached hydrogen (secondary N) is 2. The summed E-state index contributed by atoms with van der Waals surface area (Å²) in [5.74, 6) is -0.908. The van der Waals surface area contributed by atoms with Crippen molar-refractivity contribution < 1.29 is 18.0 Å². The molecule has 154 valence electrons. The summed E-state index contributed by atoms with van der Waals surface area (Å²) in [6.45, 7) is 1.85. The van der Waals surface area contributed by atoms with Gasteiger partial charge in [-0.2, -0.15) is 4.31 Å². The number of piperidine rings is 1. The van der Waals surface area contributed by atoms with E-state index in [1.807, 2.05) is 0 Å². The molecule has 1 heterocycles. The van der Waals surface area contributed by atoms with E-state index in [0.717, 1.165) is 0 Å². The Kier molecular flexibility index (Phi) is 6.56. The number of sulfonamides is 1. The number of carbonyl (C=O) groups excluding carboxylic acids is 2. The number of rotatable bonds is 5. The SMILES string of the molecule is CC(=O)Nc1ccc(S(=O)(=O)N2CCC[C@H](C(=O)Nc3cccc(Cl)c3)C2)cc1. The van der Waals surface area contributed by atoms with Crippen LogP contribution < -0.4 is 10.6 Å². The molecule has 0 saturated carbocycles. The first-order chi connectivity index (χ1) is 13.8. The topological polar surface area (TPSA) is 95.6 Å². The van der Waals surface area contributed by atoms with E-state index >= 15 is 0 Å². The van der Waals surface area contributed by atoms with E-state index in [4.69, 9.17) is 11.6 Å². The van der Waals surface area contributed by atoms with E-state index in [-0.39, 0.29) is 23.3 Å². The molecule has 1 aliphatic heterocycles. The number of hydrogen-bond acceptors (Lipinski definition) is 4. The van der Waals surface area contributed by atoms with E-state index in [1.54, 1.807) is 36.4 Å². The summed E-state index contributed by atoms with van der Waals surface area (Å²) >= 11 is 5.94. The fourth-order valence-corrected chi connectivity index (χ4v) is 4.96. The molecule has 1 fully saturated rings. The van der Waals surface area contributed by atoms with Crippen LogP contribution in [0.2, 0.25) is 5.02 Å². The second-order valence-corrected chi connectivity index (χ2v) is 9.28. The lowest BCUT2D eigenvalue weighted by molar-refractivity contribution is -0.121. The fourth-order valence-electron chi connectivity index (χ4n) is 3.25. The lowest BCUT2D eigenvalue weighted by Gasteiger charge is -2.31. The smallest absolute Gasteiger partial charge is 0.243 e. The standard InChI is InChI=1S/C20H22ClN3O4S/c1-14(25)22-17-7-9-19(10-8-17)29(27,28)24-11-3-4-15(13-24)20(26)23-18-6-2-5-16(21)12-18/h2,5-10,12,15H,3-4,11,13H2,1H3,(H,22,25)(H,23,26)/t15-/m0/s1. The average molecular weight is 436 g/mol. The highest BCUT2D eigenvalue weighted by molar-refractivity contribution is 7.89. The van der Waals surface area contributed by atoms with Crippen LogP contribution in [0.5, 0.6) is 0 Å². The molecule has 0 aromatic heterocycles. The molecule has 2 amide bonds. The lowest BCUT2D eigenvalue weighted by atomic mass is 9.99. The molecule has 7 nitrogen and oxygen atoms in total. The molecule has 0 aliphatic carbocycles. The van der Waals surface area contributed by atoms with Crippen molar-refractivity contribution in [3.63, 3.8) is 0 Å². The normalized spacial score (nSPS) is 17.5. The summed E-state index contributed by atoms with van der Waals surface area (Å²) < 4.78 is 27.3. The highest BCUT2D eigenvalue weighted by Crippen LogP contribution is 2.26. The monoisotopic (exact) mass is 435 g/mol. The van der Waals surface area contributed by atoms with Crippen LogP contribution in [0.25, 0.3) is 0 Å². The molecular weight excluding hydrogens is 414 g/mol. The molecule has 0 radical (unpaired) electrons. The van der Waals surface area contributed by atoms with Crippen molar-refractivity contribution in [2.45, 2.75) is 24.7 Å². The summed E-state index contributed by atoms with van der Waals surface area (Å²) in [4.78, 5) is 23.9. The number of benzene rings is 2. The first-order valence-electron chi connectivity index (χ1n) is 9.20. The van der Waals surface area contributed by atoms with Crippen molar-refractivity contribution in [3.05, 3.63) is 53.6 Å². The van der Waals surface area contributed by atoms with E-state index in [9.17, 15) is 18.0 Å². The number of carbonyl (C=O) groups is 2. The van der Waals surface area contributed by atoms with Crippen molar-refractivity contribution in [1.29, 1.82) is 0 Å². The van der Waals surface area contributed by atoms with Gasteiger partial charge in [0.2, 0.25) is 21.8 Å². The van der Waals surface area contributed by atoms with E-state index < -0.39 is 15.9 Å². The summed E-state index contributed by atoms with van der Waals surface area (Å²) in [5.41, 5.74) is 1.10. The third-order valence-electron chi connectivity index (χ3n) is 4.66. The van der Waals surface area contributed by atoms with Crippen LogP contribution in [0.3, 0.4) is 0 Å². The van der Waals surface area contributed by atoms with Gasteiger partial charge in [-0.05, 0) is 55.3 Å². The minimum Gasteiger partial charge on any atom is -0.326 e. The molecule has 3 rings (SSSR count). The minimum absolute atomic E-state index is 0.113. The Morgan fingerprint density at radius 2 is 1.79 bits per heavy atom. The number of amides is 2. The summed E-state index contributed by atoms with van der Waals surface area (Å²) in [5, 5.41) is 5.92. The number of anilines is 2. The number of nitrogens with zero attached hydrogens (tertiary/aromatic N) is 1. The van der Waals surface area contributed by atoms with Crippen molar-refractivity contribution in [3.8, 4) is 0 Å². The van der Waals surface area contributed by atoms with E-state index in [2.05, 4.69) is 10.6 Å². The highest BCUT2D eigenvalue weighted by atomic mass is 35.5. The maximum Gasteiger partial charge on any atom is 0.243 e. The molecular formula is C20H22ClN3O4S. The Morgan fingerprint density at radius 3 is 2.45 bits per heavy atom. The summed E-state index contributed by atoms with van der Waals surface area (Å²) in [6, 6.07) is 12.8. The third-order valence-corrected chi connectivity index (χ3v) is 6.77. The van der Waals surface area contributed by atoms with Crippen molar-refractivity contribution in [2.24, 2.45) is 5.92 Å². The van der Waals surface area contributed by atoms with Gasteiger partial charge >= 0.3 is 0 Å². The molecule has 29 heavy (non-hydrogen) atoms. The maximum atomic E-state index is 13.0. The van der Waals surface area contributed by atoms with Gasteiger partial charge in [0.15, 0.2) is 0 Å². The predicted octanol–water partition coefficient (Wildman–Crippen LogP) is 3.34. The van der Waals surface area contributed by atoms with Crippen molar-refractivity contribution in [1.82, 2.24) is 4.31 Å². The molecule has 2 N–H and O–H groups in total. The van der Waals surface area contributed by atoms with Gasteiger partial charge in [0.05, 0.1) is 10.8 Å². The molecule has 1 aliphatic rings. The van der Waals surface area contributed by atoms with Gasteiger partial charge in [0.25, 0.3) is 0 Å². The Bertz CT molecular complexity index is 1010. The Labute approximate surface area is 175 Å². The zero-order chi connectivity index (χ0) is 21.0. The van der Waals surface area contributed by atoms with E-state index in [0.29, 0.717) is 35.8 Å². The first-order valence-corrected chi connectivity index (χ1v) is 11.0. The molecule has 1 saturated heterocycles. The molecule has 2 aromatic rings. The predicted molar refractivity (Wildman–Crippen MR) is 112 cm³/mol.